The minimum absolute atomic E-state index is 0.512. The molecule has 1 aliphatic heterocycles. The molecule has 1 heterocycles. The number of hydrogen-bond donors (Lipinski definition) is 1. The third-order valence-electron chi connectivity index (χ3n) is 3.94. The normalized spacial score (nSPS) is 34.9. The van der Waals surface area contributed by atoms with Crippen molar-refractivity contribution in [1.82, 2.24) is 4.90 Å². The minimum atomic E-state index is 0.512. The van der Waals surface area contributed by atoms with E-state index >= 15 is 0 Å². The summed E-state index contributed by atoms with van der Waals surface area (Å²) in [7, 11) is 0. The number of nitrogens with zero attached hydrogens (tertiary/aromatic N) is 1. The molecule has 2 aliphatic rings. The second-order valence-corrected chi connectivity index (χ2v) is 5.12. The predicted octanol–water partition coefficient (Wildman–Crippen LogP) is 1.99. The summed E-state index contributed by atoms with van der Waals surface area (Å²) >= 11 is 0. The Morgan fingerprint density at radius 1 is 1.00 bits per heavy atom. The molecule has 0 spiro atoms. The maximum atomic E-state index is 5.90. The van der Waals surface area contributed by atoms with Crippen LogP contribution in [0.1, 0.15) is 44.9 Å². The lowest BCUT2D eigenvalue weighted by atomic mass is 9.84. The molecular formula is C12H24N2. The van der Waals surface area contributed by atoms with Crippen LogP contribution < -0.4 is 5.73 Å². The van der Waals surface area contributed by atoms with Crippen LogP contribution in [0.2, 0.25) is 0 Å². The lowest BCUT2D eigenvalue weighted by Gasteiger charge is -2.27. The van der Waals surface area contributed by atoms with Gasteiger partial charge in [-0.05, 0) is 70.5 Å². The average molecular weight is 196 g/mol. The highest BCUT2D eigenvalue weighted by Crippen LogP contribution is 2.26. The van der Waals surface area contributed by atoms with Gasteiger partial charge in [-0.2, -0.15) is 0 Å². The lowest BCUT2D eigenvalue weighted by molar-refractivity contribution is 0.255. The van der Waals surface area contributed by atoms with Gasteiger partial charge in [0.2, 0.25) is 0 Å². The third-order valence-corrected chi connectivity index (χ3v) is 3.94. The zero-order chi connectivity index (χ0) is 9.80. The molecule has 0 unspecified atom stereocenters. The van der Waals surface area contributed by atoms with E-state index in [9.17, 15) is 0 Å². The molecule has 0 aromatic carbocycles. The van der Waals surface area contributed by atoms with Crippen LogP contribution in [0.25, 0.3) is 0 Å². The van der Waals surface area contributed by atoms with Crippen molar-refractivity contribution in [3.63, 3.8) is 0 Å². The molecule has 2 N–H and O–H groups in total. The molecule has 0 bridgehead atoms. The van der Waals surface area contributed by atoms with Gasteiger partial charge in [0.15, 0.2) is 0 Å². The Bertz CT molecular complexity index is 156. The van der Waals surface area contributed by atoms with Gasteiger partial charge in [-0.1, -0.05) is 0 Å². The summed E-state index contributed by atoms with van der Waals surface area (Å²) in [6.07, 6.45) is 9.58. The second-order valence-electron chi connectivity index (χ2n) is 5.12. The van der Waals surface area contributed by atoms with Gasteiger partial charge in [0.05, 0.1) is 0 Å². The van der Waals surface area contributed by atoms with Crippen LogP contribution in [0.15, 0.2) is 0 Å². The number of nitrogens with two attached hydrogens (primary N) is 1. The van der Waals surface area contributed by atoms with E-state index in [1.807, 2.05) is 0 Å². The first-order chi connectivity index (χ1) is 6.84. The van der Waals surface area contributed by atoms with Gasteiger partial charge in [-0.3, -0.25) is 0 Å². The van der Waals surface area contributed by atoms with Crippen LogP contribution in [0.5, 0.6) is 0 Å². The number of hydrogen-bond acceptors (Lipinski definition) is 2. The van der Waals surface area contributed by atoms with Gasteiger partial charge < -0.3 is 10.6 Å². The van der Waals surface area contributed by atoms with E-state index in [-0.39, 0.29) is 0 Å². The van der Waals surface area contributed by atoms with Crippen LogP contribution >= 0.6 is 0 Å². The van der Waals surface area contributed by atoms with Crippen molar-refractivity contribution < 1.29 is 0 Å². The van der Waals surface area contributed by atoms with Gasteiger partial charge >= 0.3 is 0 Å². The van der Waals surface area contributed by atoms with Gasteiger partial charge in [0.25, 0.3) is 0 Å². The summed E-state index contributed by atoms with van der Waals surface area (Å²) in [6, 6.07) is 0.512. The standard InChI is InChI=1S/C12H24N2/c13-12-5-3-11(4-6-12)7-10-14-8-1-2-9-14/h11-12H,1-10,13H2. The van der Waals surface area contributed by atoms with E-state index in [0.717, 1.165) is 5.92 Å². The van der Waals surface area contributed by atoms with Crippen LogP contribution in [0.3, 0.4) is 0 Å². The molecule has 0 aromatic rings. The van der Waals surface area contributed by atoms with Crippen molar-refractivity contribution >= 4 is 0 Å². The highest BCUT2D eigenvalue weighted by Gasteiger charge is 2.19. The Kier molecular flexibility index (Phi) is 3.82. The van der Waals surface area contributed by atoms with Crippen molar-refractivity contribution in [2.45, 2.75) is 51.0 Å². The van der Waals surface area contributed by atoms with Crippen LogP contribution in [0, 0.1) is 5.92 Å². The van der Waals surface area contributed by atoms with Gasteiger partial charge in [-0.25, -0.2) is 0 Å². The highest BCUT2D eigenvalue weighted by atomic mass is 15.1. The SMILES string of the molecule is NC1CCC(CCN2CCCC2)CC1. The van der Waals surface area contributed by atoms with E-state index in [0.29, 0.717) is 6.04 Å². The second kappa shape index (κ2) is 5.13. The minimum Gasteiger partial charge on any atom is -0.328 e. The molecule has 0 aromatic heterocycles. The Balaban J connectivity index is 1.60. The Morgan fingerprint density at radius 2 is 1.64 bits per heavy atom. The molecule has 1 aliphatic carbocycles. The summed E-state index contributed by atoms with van der Waals surface area (Å²) in [5.41, 5.74) is 5.90. The Morgan fingerprint density at radius 3 is 2.29 bits per heavy atom. The molecule has 1 saturated carbocycles. The molecule has 2 nitrogen and oxygen atoms in total. The zero-order valence-corrected chi connectivity index (χ0v) is 9.25. The maximum absolute atomic E-state index is 5.90. The summed E-state index contributed by atoms with van der Waals surface area (Å²) in [4.78, 5) is 2.63. The maximum Gasteiger partial charge on any atom is 0.00390 e. The summed E-state index contributed by atoms with van der Waals surface area (Å²) < 4.78 is 0. The van der Waals surface area contributed by atoms with Crippen LogP contribution in [-0.4, -0.2) is 30.6 Å². The monoisotopic (exact) mass is 196 g/mol. The fourth-order valence-corrected chi connectivity index (χ4v) is 2.85. The molecule has 2 fully saturated rings. The van der Waals surface area contributed by atoms with E-state index in [1.165, 1.54) is 64.6 Å². The number of rotatable bonds is 3. The molecule has 2 rings (SSSR count). The molecule has 1 saturated heterocycles. The van der Waals surface area contributed by atoms with E-state index < -0.39 is 0 Å². The molecule has 0 atom stereocenters. The summed E-state index contributed by atoms with van der Waals surface area (Å²) in [5, 5.41) is 0. The first-order valence-electron chi connectivity index (χ1n) is 6.32. The summed E-state index contributed by atoms with van der Waals surface area (Å²) in [5.74, 6) is 0.982. The zero-order valence-electron chi connectivity index (χ0n) is 9.25. The van der Waals surface area contributed by atoms with Crippen LogP contribution in [-0.2, 0) is 0 Å². The van der Waals surface area contributed by atoms with E-state index in [2.05, 4.69) is 4.90 Å². The third kappa shape index (κ3) is 2.96. The Hall–Kier alpha value is -0.0800. The van der Waals surface area contributed by atoms with Crippen molar-refractivity contribution in [2.24, 2.45) is 11.7 Å². The van der Waals surface area contributed by atoms with Crippen molar-refractivity contribution in [3.8, 4) is 0 Å². The largest absolute Gasteiger partial charge is 0.328 e. The van der Waals surface area contributed by atoms with Crippen molar-refractivity contribution in [1.29, 1.82) is 0 Å². The fraction of sp³-hybridized carbons (Fsp3) is 1.00. The molecule has 14 heavy (non-hydrogen) atoms. The van der Waals surface area contributed by atoms with E-state index in [1.54, 1.807) is 0 Å². The summed E-state index contributed by atoms with van der Waals surface area (Å²) in [6.45, 7) is 4.05. The average Bonchev–Trinajstić information content (AvgIpc) is 2.70. The van der Waals surface area contributed by atoms with Gasteiger partial charge in [-0.15, -0.1) is 0 Å². The highest BCUT2D eigenvalue weighted by molar-refractivity contribution is 4.76. The molecule has 0 radical (unpaired) electrons. The topological polar surface area (TPSA) is 29.3 Å². The molecular weight excluding hydrogens is 172 g/mol. The molecule has 0 amide bonds. The van der Waals surface area contributed by atoms with Gasteiger partial charge in [0, 0.05) is 6.04 Å². The first kappa shape index (κ1) is 10.4. The quantitative estimate of drug-likeness (QED) is 0.748. The first-order valence-corrected chi connectivity index (χ1v) is 6.32. The van der Waals surface area contributed by atoms with Crippen LogP contribution in [0.4, 0.5) is 0 Å². The predicted molar refractivity (Wildman–Crippen MR) is 60.2 cm³/mol. The van der Waals surface area contributed by atoms with E-state index in [4.69, 9.17) is 5.73 Å². The van der Waals surface area contributed by atoms with Gasteiger partial charge in [0.1, 0.15) is 0 Å². The number of likely N-dealkylation sites (tertiary alicyclic amines) is 1. The smallest absolute Gasteiger partial charge is 0.00390 e. The molecule has 82 valence electrons. The fourth-order valence-electron chi connectivity index (χ4n) is 2.85. The lowest BCUT2D eigenvalue weighted by Crippen LogP contribution is -2.29. The molecule has 2 heteroatoms. The Labute approximate surface area is 87.8 Å². The van der Waals surface area contributed by atoms with Crippen molar-refractivity contribution in [3.05, 3.63) is 0 Å². The van der Waals surface area contributed by atoms with Crippen molar-refractivity contribution in [2.75, 3.05) is 19.6 Å².